The second-order valence-electron chi connectivity index (χ2n) is 11.6. The van der Waals surface area contributed by atoms with E-state index in [0.29, 0.717) is 29.6 Å². The lowest BCUT2D eigenvalue weighted by Gasteiger charge is -2.32. The van der Waals surface area contributed by atoms with Crippen molar-refractivity contribution in [3.05, 3.63) is 69.5 Å². The van der Waals surface area contributed by atoms with Gasteiger partial charge in [0.25, 0.3) is 0 Å². The molecule has 4 rings (SSSR count). The van der Waals surface area contributed by atoms with Crippen LogP contribution in [0.25, 0.3) is 0 Å². The Kier molecular flexibility index (Phi) is 12.1. The summed E-state index contributed by atoms with van der Waals surface area (Å²) in [5, 5.41) is 7.35. The first-order valence-electron chi connectivity index (χ1n) is 14.4. The molecule has 0 radical (unpaired) electrons. The van der Waals surface area contributed by atoms with Crippen LogP contribution >= 0.6 is 23.2 Å². The molecule has 2 aliphatic carbocycles. The second kappa shape index (κ2) is 15.0. The lowest BCUT2D eigenvalue weighted by atomic mass is 9.75. The van der Waals surface area contributed by atoms with E-state index in [1.165, 1.54) is 25.0 Å². The molecule has 2 aromatic carbocycles. The Balaban J connectivity index is 0.000000216. The van der Waals surface area contributed by atoms with Crippen LogP contribution in [0.15, 0.2) is 42.5 Å². The van der Waals surface area contributed by atoms with E-state index in [1.54, 1.807) is 12.1 Å². The molecule has 214 valence electrons. The van der Waals surface area contributed by atoms with E-state index in [0.717, 1.165) is 68.9 Å². The van der Waals surface area contributed by atoms with Gasteiger partial charge in [0.05, 0.1) is 0 Å². The van der Waals surface area contributed by atoms with Gasteiger partial charge in [0, 0.05) is 34.0 Å². The summed E-state index contributed by atoms with van der Waals surface area (Å²) in [5.41, 5.74) is 1.57. The minimum atomic E-state index is -0.219. The van der Waals surface area contributed by atoms with Gasteiger partial charge in [0.2, 0.25) is 11.8 Å². The molecule has 0 unspecified atom stereocenters. The maximum Gasteiger partial charge on any atom is 0.225 e. The monoisotopic (exact) mass is 576 g/mol. The average Bonchev–Trinajstić information content (AvgIpc) is 2.91. The van der Waals surface area contributed by atoms with Crippen molar-refractivity contribution in [3.8, 4) is 0 Å². The number of rotatable bonds is 8. The first kappa shape index (κ1) is 31.4. The fourth-order valence-corrected chi connectivity index (χ4v) is 6.10. The van der Waals surface area contributed by atoms with Gasteiger partial charge in [-0.3, -0.25) is 9.59 Å². The zero-order valence-corrected chi connectivity index (χ0v) is 24.9. The smallest absolute Gasteiger partial charge is 0.225 e. The molecule has 0 atom stereocenters. The van der Waals surface area contributed by atoms with Gasteiger partial charge < -0.3 is 10.6 Å². The van der Waals surface area contributed by atoms with E-state index < -0.39 is 0 Å². The van der Waals surface area contributed by atoms with Crippen LogP contribution in [0, 0.1) is 16.6 Å². The SMILES string of the molecule is CC1(C(=O)NCCc2ccc(Cl)cc2Cl)CCCCC1.CC1(C(=O)NCCc2cccc(F)c2)CCCCC1. The third-order valence-electron chi connectivity index (χ3n) is 8.29. The number of hydrogen-bond acceptors (Lipinski definition) is 2. The van der Waals surface area contributed by atoms with Gasteiger partial charge >= 0.3 is 0 Å². The van der Waals surface area contributed by atoms with Crippen molar-refractivity contribution in [1.82, 2.24) is 10.6 Å². The van der Waals surface area contributed by atoms with Crippen LogP contribution in [-0.4, -0.2) is 24.9 Å². The van der Waals surface area contributed by atoms with E-state index in [-0.39, 0.29) is 28.5 Å². The zero-order valence-electron chi connectivity index (χ0n) is 23.4. The van der Waals surface area contributed by atoms with E-state index in [4.69, 9.17) is 23.2 Å². The molecule has 2 aromatic rings. The summed E-state index contributed by atoms with van der Waals surface area (Å²) in [6.07, 6.45) is 12.5. The van der Waals surface area contributed by atoms with Gasteiger partial charge in [0.15, 0.2) is 0 Å². The molecule has 0 aromatic heterocycles. The lowest BCUT2D eigenvalue weighted by Crippen LogP contribution is -2.41. The fraction of sp³-hybridized carbons (Fsp3) is 0.562. The average molecular weight is 578 g/mol. The van der Waals surface area contributed by atoms with Gasteiger partial charge in [-0.15, -0.1) is 0 Å². The Morgan fingerprint density at radius 2 is 1.31 bits per heavy atom. The van der Waals surface area contributed by atoms with Crippen molar-refractivity contribution in [2.24, 2.45) is 10.8 Å². The molecule has 39 heavy (non-hydrogen) atoms. The van der Waals surface area contributed by atoms with Gasteiger partial charge in [-0.05, 0) is 73.9 Å². The summed E-state index contributed by atoms with van der Waals surface area (Å²) in [7, 11) is 0. The number of nitrogens with one attached hydrogen (secondary N) is 2. The van der Waals surface area contributed by atoms with Gasteiger partial charge in [-0.2, -0.15) is 0 Å². The Bertz CT molecular complexity index is 1100. The van der Waals surface area contributed by atoms with Crippen LogP contribution in [0.1, 0.15) is 89.2 Å². The number of carbonyl (C=O) groups is 2. The predicted molar refractivity (Wildman–Crippen MR) is 159 cm³/mol. The van der Waals surface area contributed by atoms with Crippen LogP contribution in [0.4, 0.5) is 4.39 Å². The molecule has 0 spiro atoms. The van der Waals surface area contributed by atoms with Crippen molar-refractivity contribution in [3.63, 3.8) is 0 Å². The first-order valence-corrected chi connectivity index (χ1v) is 15.1. The highest BCUT2D eigenvalue weighted by Crippen LogP contribution is 2.36. The van der Waals surface area contributed by atoms with Crippen LogP contribution < -0.4 is 10.6 Å². The van der Waals surface area contributed by atoms with Crippen molar-refractivity contribution in [2.75, 3.05) is 13.1 Å². The van der Waals surface area contributed by atoms with Crippen LogP contribution in [0.3, 0.4) is 0 Å². The minimum absolute atomic E-state index is 0.156. The molecule has 0 saturated heterocycles. The molecule has 2 N–H and O–H groups in total. The molecule has 2 saturated carbocycles. The summed E-state index contributed by atoms with van der Waals surface area (Å²) >= 11 is 12.0. The van der Waals surface area contributed by atoms with E-state index >= 15 is 0 Å². The highest BCUT2D eigenvalue weighted by Gasteiger charge is 2.35. The highest BCUT2D eigenvalue weighted by atomic mass is 35.5. The largest absolute Gasteiger partial charge is 0.355 e. The maximum atomic E-state index is 13.0. The van der Waals surface area contributed by atoms with Crippen LogP contribution in [-0.2, 0) is 22.4 Å². The van der Waals surface area contributed by atoms with E-state index in [2.05, 4.69) is 24.5 Å². The quantitative estimate of drug-likeness (QED) is 0.333. The normalized spacial score (nSPS) is 17.9. The summed E-state index contributed by atoms with van der Waals surface area (Å²) in [4.78, 5) is 24.5. The van der Waals surface area contributed by atoms with Gasteiger partial charge in [-0.25, -0.2) is 4.39 Å². The van der Waals surface area contributed by atoms with Gasteiger partial charge in [0.1, 0.15) is 5.82 Å². The molecular weight excluding hydrogens is 534 g/mol. The number of halogens is 3. The molecule has 0 heterocycles. The number of carbonyl (C=O) groups excluding carboxylic acids is 2. The fourth-order valence-electron chi connectivity index (χ4n) is 5.59. The van der Waals surface area contributed by atoms with Crippen LogP contribution in [0.2, 0.25) is 10.0 Å². The number of amides is 2. The Hall–Kier alpha value is -2.11. The molecular formula is C32H43Cl2FN2O2. The van der Waals surface area contributed by atoms with Crippen molar-refractivity contribution >= 4 is 35.0 Å². The standard InChI is InChI=1S/C16H21Cl2NO.C16H22FNO/c1-16(8-3-2-4-9-16)15(20)19-10-7-12-5-6-13(17)11-14(12)18;1-16(9-3-2-4-10-16)15(19)18-11-8-13-6-5-7-14(17)12-13/h5-6,11H,2-4,7-10H2,1H3,(H,19,20);5-7,12H,2-4,8-11H2,1H3,(H,18,19). The summed E-state index contributed by atoms with van der Waals surface area (Å²) < 4.78 is 13.0. The first-order chi connectivity index (χ1) is 18.6. The van der Waals surface area contributed by atoms with Gasteiger partial charge in [-0.1, -0.05) is 93.8 Å². The molecule has 0 aliphatic heterocycles. The van der Waals surface area contributed by atoms with Crippen molar-refractivity contribution in [1.29, 1.82) is 0 Å². The zero-order chi connectivity index (χ0) is 28.3. The Labute approximate surface area is 243 Å². The molecule has 2 amide bonds. The van der Waals surface area contributed by atoms with E-state index in [1.807, 2.05) is 18.2 Å². The van der Waals surface area contributed by atoms with Crippen LogP contribution in [0.5, 0.6) is 0 Å². The third kappa shape index (κ3) is 9.79. The maximum absolute atomic E-state index is 13.0. The van der Waals surface area contributed by atoms with Crippen molar-refractivity contribution < 1.29 is 14.0 Å². The molecule has 2 fully saturated rings. The van der Waals surface area contributed by atoms with E-state index in [9.17, 15) is 14.0 Å². The van der Waals surface area contributed by atoms with Crippen molar-refractivity contribution in [2.45, 2.75) is 90.9 Å². The number of hydrogen-bond donors (Lipinski definition) is 2. The Morgan fingerprint density at radius 3 is 1.82 bits per heavy atom. The minimum Gasteiger partial charge on any atom is -0.355 e. The highest BCUT2D eigenvalue weighted by molar-refractivity contribution is 6.35. The summed E-state index contributed by atoms with van der Waals surface area (Å²) in [6, 6.07) is 12.0. The number of benzene rings is 2. The topological polar surface area (TPSA) is 58.2 Å². The third-order valence-corrected chi connectivity index (χ3v) is 8.88. The lowest BCUT2D eigenvalue weighted by molar-refractivity contribution is -0.132. The second-order valence-corrected chi connectivity index (χ2v) is 12.5. The summed E-state index contributed by atoms with van der Waals surface area (Å²) in [5.74, 6) is 0.119. The molecule has 4 nitrogen and oxygen atoms in total. The molecule has 2 aliphatic rings. The summed E-state index contributed by atoms with van der Waals surface area (Å²) in [6.45, 7) is 5.34. The molecule has 0 bridgehead atoms. The molecule has 7 heteroatoms. The predicted octanol–water partition coefficient (Wildman–Crippen LogP) is 8.08. The Morgan fingerprint density at radius 1 is 0.769 bits per heavy atom.